The number of nitrogens with zero attached hydrogens (tertiary/aromatic N) is 2. The zero-order valence-corrected chi connectivity index (χ0v) is 11.7. The van der Waals surface area contributed by atoms with Crippen LogP contribution >= 0.6 is 0 Å². The molecule has 1 N–H and O–H groups in total. The van der Waals surface area contributed by atoms with E-state index in [0.29, 0.717) is 0 Å². The molecule has 1 heterocycles. The van der Waals surface area contributed by atoms with Crippen molar-refractivity contribution in [3.63, 3.8) is 0 Å². The van der Waals surface area contributed by atoms with Gasteiger partial charge in [0, 0.05) is 13.2 Å². The molecule has 2 aromatic rings. The molecule has 2 rings (SSSR count). The molecule has 19 heavy (non-hydrogen) atoms. The molecular weight excluding hydrogens is 241 g/mol. The van der Waals surface area contributed by atoms with Gasteiger partial charge in [0.2, 0.25) is 0 Å². The first-order chi connectivity index (χ1) is 9.10. The van der Waals surface area contributed by atoms with Crippen molar-refractivity contribution >= 4 is 0 Å². The van der Waals surface area contributed by atoms with Crippen molar-refractivity contribution in [3.8, 4) is 0 Å². The van der Waals surface area contributed by atoms with E-state index >= 15 is 0 Å². The van der Waals surface area contributed by atoms with E-state index in [1.54, 1.807) is 18.5 Å². The Hall–Kier alpha value is -1.68. The third kappa shape index (κ3) is 3.41. The normalized spacial score (nSPS) is 12.6. The summed E-state index contributed by atoms with van der Waals surface area (Å²) in [7, 11) is 1.93. The van der Waals surface area contributed by atoms with Crippen LogP contribution in [0.1, 0.15) is 36.2 Å². The Bertz CT molecular complexity index is 528. The summed E-state index contributed by atoms with van der Waals surface area (Å²) in [5, 5.41) is 3.43. The molecule has 0 saturated heterocycles. The van der Waals surface area contributed by atoms with Crippen LogP contribution in [0.15, 0.2) is 30.7 Å². The Morgan fingerprint density at radius 1 is 1.37 bits per heavy atom. The molecule has 4 heteroatoms. The van der Waals surface area contributed by atoms with Gasteiger partial charge < -0.3 is 9.88 Å². The van der Waals surface area contributed by atoms with Crippen molar-refractivity contribution in [2.75, 3.05) is 6.54 Å². The number of aromatic nitrogens is 2. The van der Waals surface area contributed by atoms with Crippen molar-refractivity contribution in [2.24, 2.45) is 7.05 Å². The SMILES string of the molecule is CCCNC(c1cc(C)cc(F)c1)c1cn(C)cn1. The lowest BCUT2D eigenvalue weighted by atomic mass is 10.0. The second-order valence-electron chi connectivity index (χ2n) is 4.91. The van der Waals surface area contributed by atoms with E-state index in [-0.39, 0.29) is 11.9 Å². The van der Waals surface area contributed by atoms with Gasteiger partial charge in [0.25, 0.3) is 0 Å². The fourth-order valence-electron chi connectivity index (χ4n) is 2.20. The van der Waals surface area contributed by atoms with Gasteiger partial charge in [-0.3, -0.25) is 0 Å². The highest BCUT2D eigenvalue weighted by Crippen LogP contribution is 2.22. The van der Waals surface area contributed by atoms with Crippen LogP contribution in [0.3, 0.4) is 0 Å². The minimum Gasteiger partial charge on any atom is -0.340 e. The lowest BCUT2D eigenvalue weighted by molar-refractivity contribution is 0.576. The number of aryl methyl sites for hydroxylation is 2. The largest absolute Gasteiger partial charge is 0.340 e. The number of rotatable bonds is 5. The molecule has 0 aliphatic carbocycles. The fourth-order valence-corrected chi connectivity index (χ4v) is 2.20. The number of halogens is 1. The summed E-state index contributed by atoms with van der Waals surface area (Å²) < 4.78 is 15.5. The molecule has 0 radical (unpaired) electrons. The predicted octanol–water partition coefficient (Wildman–Crippen LogP) is 2.96. The first-order valence-electron chi connectivity index (χ1n) is 6.58. The molecule has 0 bridgehead atoms. The summed E-state index contributed by atoms with van der Waals surface area (Å²) in [5.41, 5.74) is 2.76. The van der Waals surface area contributed by atoms with E-state index in [4.69, 9.17) is 0 Å². The summed E-state index contributed by atoms with van der Waals surface area (Å²) in [5.74, 6) is -0.200. The lowest BCUT2D eigenvalue weighted by Gasteiger charge is -2.17. The summed E-state index contributed by atoms with van der Waals surface area (Å²) in [6.07, 6.45) is 4.76. The second-order valence-corrected chi connectivity index (χ2v) is 4.91. The van der Waals surface area contributed by atoms with Gasteiger partial charge in [-0.05, 0) is 43.1 Å². The van der Waals surface area contributed by atoms with Gasteiger partial charge in [0.05, 0.1) is 18.1 Å². The highest BCUT2D eigenvalue weighted by Gasteiger charge is 2.16. The van der Waals surface area contributed by atoms with Crippen molar-refractivity contribution in [2.45, 2.75) is 26.3 Å². The maximum Gasteiger partial charge on any atom is 0.123 e. The maximum absolute atomic E-state index is 13.6. The number of benzene rings is 1. The van der Waals surface area contributed by atoms with E-state index in [0.717, 1.165) is 29.8 Å². The smallest absolute Gasteiger partial charge is 0.123 e. The van der Waals surface area contributed by atoms with Gasteiger partial charge in [-0.1, -0.05) is 13.0 Å². The zero-order chi connectivity index (χ0) is 13.8. The molecule has 102 valence electrons. The van der Waals surface area contributed by atoms with Gasteiger partial charge in [-0.15, -0.1) is 0 Å². The monoisotopic (exact) mass is 261 g/mol. The highest BCUT2D eigenvalue weighted by molar-refractivity contribution is 5.31. The summed E-state index contributed by atoms with van der Waals surface area (Å²) in [6.45, 7) is 4.89. The van der Waals surface area contributed by atoms with Gasteiger partial charge in [-0.25, -0.2) is 9.37 Å². The molecule has 0 spiro atoms. The Balaban J connectivity index is 2.36. The van der Waals surface area contributed by atoms with Gasteiger partial charge in [0.15, 0.2) is 0 Å². The van der Waals surface area contributed by atoms with Crippen LogP contribution in [-0.4, -0.2) is 16.1 Å². The molecule has 1 aromatic heterocycles. The standard InChI is InChI=1S/C15H20FN3/c1-4-5-17-15(14-9-19(3)10-18-14)12-6-11(2)7-13(16)8-12/h6-10,15,17H,4-5H2,1-3H3. The average molecular weight is 261 g/mol. The van der Waals surface area contributed by atoms with Crippen molar-refractivity contribution in [1.29, 1.82) is 0 Å². The van der Waals surface area contributed by atoms with Crippen molar-refractivity contribution in [3.05, 3.63) is 53.4 Å². The molecule has 1 unspecified atom stereocenters. The van der Waals surface area contributed by atoms with Crippen LogP contribution in [0.4, 0.5) is 4.39 Å². The van der Waals surface area contributed by atoms with Crippen LogP contribution in [0, 0.1) is 12.7 Å². The predicted molar refractivity (Wildman–Crippen MR) is 74.5 cm³/mol. The third-order valence-electron chi connectivity index (χ3n) is 3.02. The minimum absolute atomic E-state index is 0.0597. The van der Waals surface area contributed by atoms with E-state index in [2.05, 4.69) is 17.2 Å². The summed E-state index contributed by atoms with van der Waals surface area (Å²) in [6, 6.07) is 5.06. The number of hydrogen-bond donors (Lipinski definition) is 1. The number of imidazole rings is 1. The van der Waals surface area contributed by atoms with Crippen LogP contribution in [0.5, 0.6) is 0 Å². The molecule has 0 amide bonds. The van der Waals surface area contributed by atoms with Gasteiger partial charge >= 0.3 is 0 Å². The first kappa shape index (κ1) is 13.7. The topological polar surface area (TPSA) is 29.9 Å². The van der Waals surface area contributed by atoms with Crippen LogP contribution < -0.4 is 5.32 Å². The van der Waals surface area contributed by atoms with Gasteiger partial charge in [-0.2, -0.15) is 0 Å². The van der Waals surface area contributed by atoms with E-state index in [9.17, 15) is 4.39 Å². The quantitative estimate of drug-likeness (QED) is 0.896. The highest BCUT2D eigenvalue weighted by atomic mass is 19.1. The van der Waals surface area contributed by atoms with Crippen LogP contribution in [0.2, 0.25) is 0 Å². The molecule has 1 aromatic carbocycles. The molecule has 1 atom stereocenters. The third-order valence-corrected chi connectivity index (χ3v) is 3.02. The van der Waals surface area contributed by atoms with Crippen molar-refractivity contribution in [1.82, 2.24) is 14.9 Å². The lowest BCUT2D eigenvalue weighted by Crippen LogP contribution is -2.23. The number of nitrogens with one attached hydrogen (secondary N) is 1. The fraction of sp³-hybridized carbons (Fsp3) is 0.400. The molecule has 0 saturated carbocycles. The second kappa shape index (κ2) is 5.97. The first-order valence-corrected chi connectivity index (χ1v) is 6.58. The van der Waals surface area contributed by atoms with E-state index in [1.807, 2.05) is 30.8 Å². The Kier molecular flexibility index (Phi) is 4.32. The Labute approximate surface area is 113 Å². The number of hydrogen-bond acceptors (Lipinski definition) is 2. The van der Waals surface area contributed by atoms with Crippen molar-refractivity contribution < 1.29 is 4.39 Å². The molecule has 0 fully saturated rings. The molecular formula is C15H20FN3. The zero-order valence-electron chi connectivity index (χ0n) is 11.7. The minimum atomic E-state index is -0.200. The van der Waals surface area contributed by atoms with E-state index in [1.165, 1.54) is 0 Å². The average Bonchev–Trinajstić information content (AvgIpc) is 2.75. The molecule has 3 nitrogen and oxygen atoms in total. The Morgan fingerprint density at radius 3 is 2.74 bits per heavy atom. The summed E-state index contributed by atoms with van der Waals surface area (Å²) >= 11 is 0. The van der Waals surface area contributed by atoms with Gasteiger partial charge in [0.1, 0.15) is 5.82 Å². The van der Waals surface area contributed by atoms with E-state index < -0.39 is 0 Å². The molecule has 0 aliphatic rings. The Morgan fingerprint density at radius 2 is 2.16 bits per heavy atom. The van der Waals surface area contributed by atoms with Crippen LogP contribution in [0.25, 0.3) is 0 Å². The summed E-state index contributed by atoms with van der Waals surface area (Å²) in [4.78, 5) is 4.38. The molecule has 0 aliphatic heterocycles. The maximum atomic E-state index is 13.6. The van der Waals surface area contributed by atoms with Crippen LogP contribution in [-0.2, 0) is 7.05 Å².